The summed E-state index contributed by atoms with van der Waals surface area (Å²) in [6.07, 6.45) is 0. The lowest BCUT2D eigenvalue weighted by Crippen LogP contribution is -2.22. The van der Waals surface area contributed by atoms with E-state index >= 15 is 0 Å². The molecule has 0 radical (unpaired) electrons. The smallest absolute Gasteiger partial charge is 0.251 e. The van der Waals surface area contributed by atoms with Gasteiger partial charge in [-0.2, -0.15) is 0 Å². The Hall–Kier alpha value is -2.17. The highest BCUT2D eigenvalue weighted by Crippen LogP contribution is 2.06. The van der Waals surface area contributed by atoms with Gasteiger partial charge in [0.1, 0.15) is 5.82 Å². The minimum atomic E-state index is -0.0360. The number of pyridine rings is 1. The molecule has 94 valence electrons. The molecule has 0 aliphatic carbocycles. The summed E-state index contributed by atoms with van der Waals surface area (Å²) in [5.74, 6) is 1.40. The van der Waals surface area contributed by atoms with Crippen LogP contribution in [0, 0.1) is 13.8 Å². The monoisotopic (exact) mass is 244 g/mol. The Bertz CT molecular complexity index is 619. The van der Waals surface area contributed by atoms with Crippen LogP contribution in [0.1, 0.15) is 17.2 Å². The zero-order chi connectivity index (χ0) is 13.1. The lowest BCUT2D eigenvalue weighted by atomic mass is 10.3. The number of nitrogens with one attached hydrogen (secondary N) is 1. The molecule has 2 rings (SSSR count). The van der Waals surface area contributed by atoms with Crippen LogP contribution in [-0.2, 0) is 6.54 Å². The van der Waals surface area contributed by atoms with Gasteiger partial charge in [0, 0.05) is 30.6 Å². The Morgan fingerprint density at radius 2 is 2.06 bits per heavy atom. The molecule has 0 atom stereocenters. The first kappa shape index (κ1) is 12.3. The Labute approximate surface area is 106 Å². The highest BCUT2D eigenvalue weighted by Gasteiger charge is 2.05. The number of anilines is 1. The van der Waals surface area contributed by atoms with Gasteiger partial charge >= 0.3 is 0 Å². The predicted molar refractivity (Wildman–Crippen MR) is 70.9 cm³/mol. The molecule has 2 aromatic rings. The van der Waals surface area contributed by atoms with Crippen LogP contribution in [0.5, 0.6) is 0 Å². The largest absolute Gasteiger partial charge is 0.373 e. The molecule has 0 saturated carbocycles. The van der Waals surface area contributed by atoms with E-state index in [0.717, 1.165) is 17.2 Å². The van der Waals surface area contributed by atoms with Gasteiger partial charge in [0.2, 0.25) is 0 Å². The van der Waals surface area contributed by atoms with Crippen LogP contribution < -0.4 is 10.9 Å². The molecular formula is C13H16N4O. The van der Waals surface area contributed by atoms with Crippen molar-refractivity contribution in [2.75, 3.05) is 12.4 Å². The molecule has 2 aromatic heterocycles. The minimum absolute atomic E-state index is 0.0360. The Morgan fingerprint density at radius 1 is 1.28 bits per heavy atom. The van der Waals surface area contributed by atoms with Crippen LogP contribution >= 0.6 is 0 Å². The van der Waals surface area contributed by atoms with Gasteiger partial charge in [-0.15, -0.1) is 0 Å². The third-order valence-electron chi connectivity index (χ3n) is 2.72. The fourth-order valence-electron chi connectivity index (χ4n) is 1.80. The predicted octanol–water partition coefficient (Wildman–Crippen LogP) is 1.35. The van der Waals surface area contributed by atoms with E-state index in [0.29, 0.717) is 12.4 Å². The molecule has 5 nitrogen and oxygen atoms in total. The van der Waals surface area contributed by atoms with Crippen molar-refractivity contribution in [3.05, 3.63) is 51.8 Å². The van der Waals surface area contributed by atoms with Gasteiger partial charge in [-0.3, -0.25) is 4.79 Å². The fourth-order valence-corrected chi connectivity index (χ4v) is 1.80. The first-order valence-corrected chi connectivity index (χ1v) is 5.79. The van der Waals surface area contributed by atoms with Crippen molar-refractivity contribution in [3.63, 3.8) is 0 Å². The second-order valence-electron chi connectivity index (χ2n) is 4.15. The topological polar surface area (TPSA) is 59.8 Å². The van der Waals surface area contributed by atoms with E-state index in [2.05, 4.69) is 15.3 Å². The quantitative estimate of drug-likeness (QED) is 0.885. The van der Waals surface area contributed by atoms with Gasteiger partial charge < -0.3 is 9.88 Å². The third-order valence-corrected chi connectivity index (χ3v) is 2.72. The molecule has 0 amide bonds. The van der Waals surface area contributed by atoms with Crippen molar-refractivity contribution < 1.29 is 0 Å². The molecule has 0 fully saturated rings. The molecule has 1 N–H and O–H groups in total. The summed E-state index contributed by atoms with van der Waals surface area (Å²) in [7, 11) is 1.81. The van der Waals surface area contributed by atoms with Crippen LogP contribution in [0.3, 0.4) is 0 Å². The van der Waals surface area contributed by atoms with Gasteiger partial charge in [0.25, 0.3) is 5.56 Å². The summed E-state index contributed by atoms with van der Waals surface area (Å²) >= 11 is 0. The number of hydrogen-bond donors (Lipinski definition) is 1. The third kappa shape index (κ3) is 2.56. The molecule has 0 bridgehead atoms. The van der Waals surface area contributed by atoms with Crippen LogP contribution in [0.4, 0.5) is 5.82 Å². The van der Waals surface area contributed by atoms with Gasteiger partial charge in [0.15, 0.2) is 5.82 Å². The molecule has 2 heterocycles. The van der Waals surface area contributed by atoms with Crippen molar-refractivity contribution in [2.24, 2.45) is 0 Å². The summed E-state index contributed by atoms with van der Waals surface area (Å²) < 4.78 is 1.66. The number of aromatic nitrogens is 3. The molecule has 0 unspecified atom stereocenters. The van der Waals surface area contributed by atoms with Gasteiger partial charge in [-0.25, -0.2) is 9.97 Å². The van der Waals surface area contributed by atoms with E-state index in [1.54, 1.807) is 16.7 Å². The second kappa shape index (κ2) is 5.00. The van der Waals surface area contributed by atoms with Crippen LogP contribution in [0.2, 0.25) is 0 Å². The van der Waals surface area contributed by atoms with E-state index < -0.39 is 0 Å². The van der Waals surface area contributed by atoms with Crippen LogP contribution in [-0.4, -0.2) is 21.6 Å². The van der Waals surface area contributed by atoms with E-state index in [1.807, 2.05) is 33.0 Å². The van der Waals surface area contributed by atoms with Crippen molar-refractivity contribution in [3.8, 4) is 0 Å². The van der Waals surface area contributed by atoms with Gasteiger partial charge in [-0.1, -0.05) is 6.07 Å². The summed E-state index contributed by atoms with van der Waals surface area (Å²) in [6.45, 7) is 4.20. The maximum Gasteiger partial charge on any atom is 0.251 e. The summed E-state index contributed by atoms with van der Waals surface area (Å²) in [6, 6.07) is 7.06. The lowest BCUT2D eigenvalue weighted by molar-refractivity contribution is 0.689. The molecule has 0 aliphatic heterocycles. The van der Waals surface area contributed by atoms with Crippen molar-refractivity contribution in [1.29, 1.82) is 0 Å². The molecule has 18 heavy (non-hydrogen) atoms. The Balaban J connectivity index is 2.40. The average Bonchev–Trinajstić information content (AvgIpc) is 2.33. The van der Waals surface area contributed by atoms with Crippen molar-refractivity contribution >= 4 is 5.82 Å². The zero-order valence-electron chi connectivity index (χ0n) is 10.8. The Morgan fingerprint density at radius 3 is 2.72 bits per heavy atom. The first-order valence-electron chi connectivity index (χ1n) is 5.79. The maximum atomic E-state index is 11.8. The normalized spacial score (nSPS) is 10.4. The second-order valence-corrected chi connectivity index (χ2v) is 4.15. The molecule has 0 saturated heterocycles. The number of rotatable bonds is 3. The van der Waals surface area contributed by atoms with Crippen molar-refractivity contribution in [1.82, 2.24) is 14.5 Å². The molecule has 0 spiro atoms. The summed E-state index contributed by atoms with van der Waals surface area (Å²) in [5.41, 5.74) is 1.75. The van der Waals surface area contributed by atoms with E-state index in [-0.39, 0.29) is 5.56 Å². The highest BCUT2D eigenvalue weighted by atomic mass is 16.1. The zero-order valence-corrected chi connectivity index (χ0v) is 10.8. The van der Waals surface area contributed by atoms with Gasteiger partial charge in [-0.05, 0) is 19.9 Å². The minimum Gasteiger partial charge on any atom is -0.373 e. The molecular weight excluding hydrogens is 228 g/mol. The average molecular weight is 244 g/mol. The number of nitrogens with zero attached hydrogens (tertiary/aromatic N) is 3. The highest BCUT2D eigenvalue weighted by molar-refractivity contribution is 5.34. The number of hydrogen-bond acceptors (Lipinski definition) is 4. The maximum absolute atomic E-state index is 11.8. The van der Waals surface area contributed by atoms with Crippen LogP contribution in [0.25, 0.3) is 0 Å². The first-order chi connectivity index (χ1) is 8.60. The van der Waals surface area contributed by atoms with Crippen LogP contribution in [0.15, 0.2) is 29.1 Å². The SMILES string of the molecule is CNc1cc(C)nc(Cn2c(C)cccc2=O)n1. The molecule has 0 aromatic carbocycles. The molecule has 0 aliphatic rings. The number of aryl methyl sites for hydroxylation is 2. The van der Waals surface area contributed by atoms with E-state index in [9.17, 15) is 4.79 Å². The van der Waals surface area contributed by atoms with Crippen molar-refractivity contribution in [2.45, 2.75) is 20.4 Å². The Kier molecular flexibility index (Phi) is 3.41. The van der Waals surface area contributed by atoms with E-state index in [4.69, 9.17) is 0 Å². The van der Waals surface area contributed by atoms with E-state index in [1.165, 1.54) is 0 Å². The lowest BCUT2D eigenvalue weighted by Gasteiger charge is -2.10. The summed E-state index contributed by atoms with van der Waals surface area (Å²) in [5, 5.41) is 2.98. The molecule has 5 heteroatoms. The fraction of sp³-hybridized carbons (Fsp3) is 0.308. The van der Waals surface area contributed by atoms with Gasteiger partial charge in [0.05, 0.1) is 6.54 Å². The summed E-state index contributed by atoms with van der Waals surface area (Å²) in [4.78, 5) is 20.5. The standard InChI is InChI=1S/C13H16N4O/c1-9-7-11(14-3)16-12(15-9)8-17-10(2)5-4-6-13(17)18/h4-7H,8H2,1-3H3,(H,14,15,16).